The number of pyridine rings is 3. The largest absolute Gasteiger partial charge is 0.448 e. The van der Waals surface area contributed by atoms with Gasteiger partial charge in [-0.1, -0.05) is 12.1 Å². The third-order valence-corrected chi connectivity index (χ3v) is 9.02. The molecule has 0 N–H and O–H groups in total. The van der Waals surface area contributed by atoms with Crippen LogP contribution < -0.4 is 0 Å². The topological polar surface area (TPSA) is 156 Å². The highest BCUT2D eigenvalue weighted by atomic mass is 16.5. The Labute approximate surface area is 421 Å². The minimum Gasteiger partial charge on any atom is -0.448 e. The van der Waals surface area contributed by atoms with E-state index in [9.17, 15) is 0 Å². The van der Waals surface area contributed by atoms with E-state index in [4.69, 9.17) is 32.8 Å². The quantitative estimate of drug-likeness (QED) is 0.0529. The second-order valence-corrected chi connectivity index (χ2v) is 17.6. The van der Waals surface area contributed by atoms with E-state index in [2.05, 4.69) is 62.0 Å². The van der Waals surface area contributed by atoms with Crippen LogP contribution in [0.25, 0.3) is 0 Å². The van der Waals surface area contributed by atoms with Crippen molar-refractivity contribution in [3.05, 3.63) is 146 Å². The van der Waals surface area contributed by atoms with E-state index in [1.165, 1.54) is 17.5 Å². The molecule has 6 aromatic rings. The normalized spacial score (nSPS) is 10.7. The standard InChI is InChI=1S/C11H17NO.2C10H15NO.2C8H14N2O.C8H13NO2/c1-10(2)13-9-3-4-11-5-7-12-8-6-11;1-9(2)12-7-5-10-4-3-6-11-8-10;1-9(2)12-8-6-10-5-3-4-7-11-10;1-7(2)11-6-8-9-4-5-10(8)3;1-8(2)11-6-5-10-4-3-9-7-10;1-7(2)10-4-3-8-5-9-6-11-8/h5-8,10H,3-4,9H2,1-2H3;3-4,6,8-9H,5,7H2,1-2H3;3-5,7,9H,6,8H2,1-2H3;4-5,7H,6H2,1-3H3;3-4,7-8H,5-6H2,1-2H3;5-7H,3-4H2,1-2H3. The number of rotatable bonds is 24. The van der Waals surface area contributed by atoms with Gasteiger partial charge in [-0.05, 0) is 144 Å². The highest BCUT2D eigenvalue weighted by Gasteiger charge is 2.01. The number of aryl methyl sites for hydroxylation is 2. The zero-order valence-corrected chi connectivity index (χ0v) is 44.9. The number of nitrogens with zero attached hydrogens (tertiary/aromatic N) is 8. The van der Waals surface area contributed by atoms with Crippen molar-refractivity contribution < 1.29 is 32.8 Å². The van der Waals surface area contributed by atoms with E-state index in [0.717, 1.165) is 82.4 Å². The molecular weight excluding hydrogens is 885 g/mol. The number of oxazole rings is 1. The van der Waals surface area contributed by atoms with Crippen molar-refractivity contribution in [1.29, 1.82) is 0 Å². The first-order valence-corrected chi connectivity index (χ1v) is 24.8. The van der Waals surface area contributed by atoms with Crippen molar-refractivity contribution in [1.82, 2.24) is 39.0 Å². The molecule has 0 fully saturated rings. The zero-order chi connectivity index (χ0) is 51.6. The summed E-state index contributed by atoms with van der Waals surface area (Å²) in [5.74, 6) is 1.85. The Morgan fingerprint density at radius 2 is 1.11 bits per heavy atom. The van der Waals surface area contributed by atoms with Crippen molar-refractivity contribution in [2.75, 3.05) is 33.0 Å². The van der Waals surface area contributed by atoms with Crippen LogP contribution in [0.3, 0.4) is 0 Å². The molecule has 0 aliphatic carbocycles. The number of ether oxygens (including phenoxy) is 6. The lowest BCUT2D eigenvalue weighted by molar-refractivity contribution is 0.0599. The van der Waals surface area contributed by atoms with Crippen LogP contribution in [0.2, 0.25) is 0 Å². The van der Waals surface area contributed by atoms with E-state index < -0.39 is 0 Å². The van der Waals surface area contributed by atoms with Crippen molar-refractivity contribution in [2.45, 2.75) is 165 Å². The predicted octanol–water partition coefficient (Wildman–Crippen LogP) is 10.8. The van der Waals surface area contributed by atoms with Gasteiger partial charge in [0.15, 0.2) is 6.39 Å². The Balaban J connectivity index is 0.000000420. The molecule has 0 spiro atoms. The highest BCUT2D eigenvalue weighted by molar-refractivity contribution is 5.09. The molecule has 390 valence electrons. The molecule has 6 aromatic heterocycles. The Morgan fingerprint density at radius 3 is 1.64 bits per heavy atom. The van der Waals surface area contributed by atoms with Crippen molar-refractivity contribution >= 4 is 0 Å². The third kappa shape index (κ3) is 38.7. The van der Waals surface area contributed by atoms with Crippen LogP contribution in [0.1, 0.15) is 118 Å². The predicted molar refractivity (Wildman–Crippen MR) is 279 cm³/mol. The number of aromatic nitrogens is 8. The molecule has 0 atom stereocenters. The van der Waals surface area contributed by atoms with Crippen molar-refractivity contribution in [3.8, 4) is 0 Å². The van der Waals surface area contributed by atoms with Gasteiger partial charge in [-0.2, -0.15) is 0 Å². The fourth-order valence-electron chi connectivity index (χ4n) is 5.40. The molecule has 15 heteroatoms. The third-order valence-electron chi connectivity index (χ3n) is 9.02. The lowest BCUT2D eigenvalue weighted by atomic mass is 10.1. The second kappa shape index (κ2) is 41.6. The average Bonchev–Trinajstić information content (AvgIpc) is 4.14. The van der Waals surface area contributed by atoms with E-state index in [1.54, 1.807) is 31.1 Å². The summed E-state index contributed by atoms with van der Waals surface area (Å²) in [4.78, 5) is 24.0. The molecule has 0 aromatic carbocycles. The zero-order valence-electron chi connectivity index (χ0n) is 44.9. The molecule has 0 unspecified atom stereocenters. The Kier molecular flexibility index (Phi) is 37.4. The van der Waals surface area contributed by atoms with E-state index >= 15 is 0 Å². The van der Waals surface area contributed by atoms with Crippen LogP contribution in [0.5, 0.6) is 0 Å². The van der Waals surface area contributed by atoms with Gasteiger partial charge in [0.05, 0.1) is 75.6 Å². The summed E-state index contributed by atoms with van der Waals surface area (Å²) >= 11 is 0. The van der Waals surface area contributed by atoms with Crippen LogP contribution >= 0.6 is 0 Å². The van der Waals surface area contributed by atoms with Gasteiger partial charge < -0.3 is 42.0 Å². The Hall–Kier alpha value is -5.16. The molecule has 6 heterocycles. The molecule has 6 rings (SSSR count). The molecule has 0 bridgehead atoms. The molecule has 70 heavy (non-hydrogen) atoms. The van der Waals surface area contributed by atoms with E-state index in [1.807, 2.05) is 147 Å². The summed E-state index contributed by atoms with van der Waals surface area (Å²) in [5.41, 5.74) is 3.67. The number of hydrogen-bond donors (Lipinski definition) is 0. The maximum absolute atomic E-state index is 5.45. The first-order chi connectivity index (χ1) is 33.6. The Bertz CT molecular complexity index is 1870. The smallest absolute Gasteiger partial charge is 0.180 e. The molecule has 0 amide bonds. The van der Waals surface area contributed by atoms with Gasteiger partial charge in [0.1, 0.15) is 18.2 Å². The van der Waals surface area contributed by atoms with Crippen LogP contribution in [-0.4, -0.2) is 109 Å². The lowest BCUT2D eigenvalue weighted by Crippen LogP contribution is -2.09. The number of imidazole rings is 2. The summed E-state index contributed by atoms with van der Waals surface area (Å²) in [5, 5.41) is 0. The van der Waals surface area contributed by atoms with Crippen LogP contribution in [0, 0.1) is 0 Å². The lowest BCUT2D eigenvalue weighted by Gasteiger charge is -2.06. The maximum Gasteiger partial charge on any atom is 0.180 e. The summed E-state index contributed by atoms with van der Waals surface area (Å²) < 4.78 is 41.3. The highest BCUT2D eigenvalue weighted by Crippen LogP contribution is 2.03. The van der Waals surface area contributed by atoms with Gasteiger partial charge in [-0.25, -0.2) is 15.0 Å². The van der Waals surface area contributed by atoms with Crippen LogP contribution in [0.4, 0.5) is 0 Å². The van der Waals surface area contributed by atoms with Gasteiger partial charge >= 0.3 is 0 Å². The second-order valence-electron chi connectivity index (χ2n) is 17.6. The van der Waals surface area contributed by atoms with E-state index in [-0.39, 0.29) is 12.2 Å². The first-order valence-electron chi connectivity index (χ1n) is 24.8. The fraction of sp³-hybridized carbons (Fsp3) is 0.564. The SMILES string of the molecule is CC(C)OCCCc1ccncc1.CC(C)OCCc1ccccn1.CC(C)OCCc1cccnc1.CC(C)OCCc1cnco1.CC(C)OCCn1ccnc1.CC(C)OCc1nccn1C. The van der Waals surface area contributed by atoms with Crippen LogP contribution in [-0.2, 0) is 74.3 Å². The fourth-order valence-corrected chi connectivity index (χ4v) is 5.40. The summed E-state index contributed by atoms with van der Waals surface area (Å²) in [7, 11) is 1.96. The molecule has 0 aliphatic rings. The minimum absolute atomic E-state index is 0.270. The molecule has 0 saturated carbocycles. The summed E-state index contributed by atoms with van der Waals surface area (Å²) in [6, 6.07) is 14.1. The molecular formula is C55H88N8O7. The molecule has 15 nitrogen and oxygen atoms in total. The van der Waals surface area contributed by atoms with Gasteiger partial charge in [0, 0.05) is 94.5 Å². The first kappa shape index (κ1) is 62.9. The molecule has 0 radical (unpaired) electrons. The molecule has 0 aliphatic heterocycles. The molecule has 0 saturated heterocycles. The van der Waals surface area contributed by atoms with Gasteiger partial charge in [0.25, 0.3) is 0 Å². The maximum atomic E-state index is 5.45. The monoisotopic (exact) mass is 973 g/mol. The summed E-state index contributed by atoms with van der Waals surface area (Å²) in [6.07, 6.45) is 28.2. The van der Waals surface area contributed by atoms with Gasteiger partial charge in [-0.3, -0.25) is 15.0 Å². The van der Waals surface area contributed by atoms with Gasteiger partial charge in [-0.15, -0.1) is 0 Å². The van der Waals surface area contributed by atoms with Crippen molar-refractivity contribution in [2.24, 2.45) is 7.05 Å². The average molecular weight is 973 g/mol. The van der Waals surface area contributed by atoms with Crippen LogP contribution in [0.15, 0.2) is 122 Å². The van der Waals surface area contributed by atoms with Crippen molar-refractivity contribution in [3.63, 3.8) is 0 Å². The Morgan fingerprint density at radius 1 is 0.486 bits per heavy atom. The van der Waals surface area contributed by atoms with E-state index in [0.29, 0.717) is 37.6 Å². The summed E-state index contributed by atoms with van der Waals surface area (Å²) in [6.45, 7) is 29.8. The number of hydrogen-bond acceptors (Lipinski definition) is 13. The van der Waals surface area contributed by atoms with Gasteiger partial charge in [0.2, 0.25) is 0 Å². The minimum atomic E-state index is 0.270.